The van der Waals surface area contributed by atoms with Crippen LogP contribution in [0.5, 0.6) is 0 Å². The Bertz CT molecular complexity index is 231. The summed E-state index contributed by atoms with van der Waals surface area (Å²) in [6, 6.07) is 0.266. The van der Waals surface area contributed by atoms with Crippen molar-refractivity contribution in [2.24, 2.45) is 0 Å². The average Bonchev–Trinajstić information content (AvgIpc) is 1.77. The largest absolute Gasteiger partial charge is 0.337 e. The van der Waals surface area contributed by atoms with Gasteiger partial charge in [0.25, 0.3) is 0 Å². The molecule has 1 aromatic rings. The zero-order chi connectivity index (χ0) is 5.98. The molecule has 0 aromatic carbocycles. The van der Waals surface area contributed by atoms with Gasteiger partial charge < -0.3 is 4.98 Å². The molecule has 0 atom stereocenters. The van der Waals surface area contributed by atoms with Crippen LogP contribution in [-0.4, -0.2) is 9.97 Å². The van der Waals surface area contributed by atoms with Crippen molar-refractivity contribution in [2.45, 2.75) is 0 Å². The van der Waals surface area contributed by atoms with Crippen molar-refractivity contribution in [3.05, 3.63) is 23.2 Å². The number of hydrogen-bond acceptors (Lipinski definition) is 2. The molecule has 36 valence electrons. The van der Waals surface area contributed by atoms with Crippen LogP contribution in [0.1, 0.15) is 1.37 Å². The van der Waals surface area contributed by atoms with Gasteiger partial charge in [-0.3, -0.25) is 0 Å². The molecule has 0 amide bonds. The first kappa shape index (κ1) is 3.32. The first-order valence-corrected chi connectivity index (χ1v) is 2.21. The van der Waals surface area contributed by atoms with Gasteiger partial charge in [-0.25, -0.2) is 4.98 Å². The summed E-state index contributed by atoms with van der Waals surface area (Å²) in [6.45, 7) is 0. The quantitative estimate of drug-likeness (QED) is 0.511. The van der Waals surface area contributed by atoms with E-state index in [1.165, 1.54) is 12.5 Å². The van der Waals surface area contributed by atoms with E-state index in [1.807, 2.05) is 0 Å². The fourth-order valence-electron chi connectivity index (χ4n) is 0.271. The van der Waals surface area contributed by atoms with Crippen LogP contribution in [0.3, 0.4) is 0 Å². The molecule has 1 aromatic heterocycles. The Morgan fingerprint density at radius 3 is 3.29 bits per heavy atom. The van der Waals surface area contributed by atoms with Crippen molar-refractivity contribution >= 4 is 12.2 Å². The van der Waals surface area contributed by atoms with E-state index in [2.05, 4.69) is 22.2 Å². The van der Waals surface area contributed by atoms with Gasteiger partial charge in [-0.05, 0) is 6.04 Å². The highest BCUT2D eigenvalue weighted by Crippen LogP contribution is 1.76. The van der Waals surface area contributed by atoms with E-state index in [1.54, 1.807) is 0 Å². The minimum atomic E-state index is 0.266. The number of nitrogens with zero attached hydrogens (tertiary/aromatic N) is 1. The standard InChI is InChI=1S/C4H4N2S/c7-4-1-2-5-3-6-4/h1-3H,(H,5,6,7)/i1D. The first-order valence-electron chi connectivity index (χ1n) is 2.30. The Balaban J connectivity index is 3.35. The van der Waals surface area contributed by atoms with Gasteiger partial charge in [0, 0.05) is 6.20 Å². The summed E-state index contributed by atoms with van der Waals surface area (Å²) in [4.78, 5) is 6.25. The molecular weight excluding hydrogens is 108 g/mol. The highest BCUT2D eigenvalue weighted by atomic mass is 32.1. The Morgan fingerprint density at radius 1 is 2.00 bits per heavy atom. The molecule has 0 radical (unpaired) electrons. The Hall–Kier alpha value is -0.700. The van der Waals surface area contributed by atoms with Crippen LogP contribution in [0.2, 0.25) is 0 Å². The number of H-pyrrole nitrogens is 1. The van der Waals surface area contributed by atoms with E-state index in [0.717, 1.165) is 0 Å². The van der Waals surface area contributed by atoms with Gasteiger partial charge in [0.2, 0.25) is 0 Å². The summed E-state index contributed by atoms with van der Waals surface area (Å²) in [5.41, 5.74) is 0. The van der Waals surface area contributed by atoms with Gasteiger partial charge in [-0.15, -0.1) is 0 Å². The smallest absolute Gasteiger partial charge is 0.105 e. The van der Waals surface area contributed by atoms with Gasteiger partial charge in [-0.2, -0.15) is 0 Å². The van der Waals surface area contributed by atoms with Crippen molar-refractivity contribution in [1.82, 2.24) is 9.97 Å². The molecule has 3 heteroatoms. The molecule has 7 heavy (non-hydrogen) atoms. The Labute approximate surface area is 47.6 Å². The normalized spacial score (nSPS) is 10.6. The summed E-state index contributed by atoms with van der Waals surface area (Å²) in [5, 5.41) is 0. The zero-order valence-electron chi connectivity index (χ0n) is 4.51. The second-order valence-corrected chi connectivity index (χ2v) is 1.43. The fraction of sp³-hybridized carbons (Fsp3) is 0. The number of aromatic nitrogens is 2. The number of aromatic amines is 1. The van der Waals surface area contributed by atoms with Crippen LogP contribution < -0.4 is 0 Å². The zero-order valence-corrected chi connectivity index (χ0v) is 4.33. The van der Waals surface area contributed by atoms with Crippen LogP contribution in [0.4, 0.5) is 0 Å². The topological polar surface area (TPSA) is 28.7 Å². The summed E-state index contributed by atoms with van der Waals surface area (Å²) >= 11 is 4.67. The Kier molecular flexibility index (Phi) is 0.872. The van der Waals surface area contributed by atoms with Gasteiger partial charge in [-0.1, -0.05) is 12.2 Å². The molecule has 0 fully saturated rings. The molecule has 0 aliphatic carbocycles. The molecule has 0 unspecified atom stereocenters. The molecule has 0 aliphatic rings. The van der Waals surface area contributed by atoms with Crippen LogP contribution >= 0.6 is 12.2 Å². The lowest BCUT2D eigenvalue weighted by Gasteiger charge is -1.76. The molecule has 2 nitrogen and oxygen atoms in total. The lowest BCUT2D eigenvalue weighted by Crippen LogP contribution is -1.71. The van der Waals surface area contributed by atoms with Crippen LogP contribution in [0.25, 0.3) is 0 Å². The van der Waals surface area contributed by atoms with Gasteiger partial charge in [0.1, 0.15) is 4.64 Å². The summed E-state index contributed by atoms with van der Waals surface area (Å²) in [5.74, 6) is 0. The predicted molar refractivity (Wildman–Crippen MR) is 29.4 cm³/mol. The molecule has 1 heterocycles. The first-order chi connectivity index (χ1) is 3.80. The average molecular weight is 113 g/mol. The molecule has 0 spiro atoms. The van der Waals surface area contributed by atoms with E-state index >= 15 is 0 Å². The summed E-state index contributed by atoms with van der Waals surface area (Å²) in [6.07, 6.45) is 2.86. The molecule has 0 saturated heterocycles. The van der Waals surface area contributed by atoms with Crippen molar-refractivity contribution in [3.63, 3.8) is 0 Å². The minimum absolute atomic E-state index is 0.266. The van der Waals surface area contributed by atoms with Gasteiger partial charge in [0.05, 0.1) is 7.70 Å². The molecular formula is C4H4N2S. The van der Waals surface area contributed by atoms with E-state index in [9.17, 15) is 0 Å². The van der Waals surface area contributed by atoms with Gasteiger partial charge in [0.15, 0.2) is 0 Å². The van der Waals surface area contributed by atoms with Crippen LogP contribution in [0.15, 0.2) is 18.6 Å². The molecule has 0 saturated carbocycles. The fourth-order valence-corrected chi connectivity index (χ4v) is 0.376. The van der Waals surface area contributed by atoms with E-state index < -0.39 is 0 Å². The maximum atomic E-state index is 7.02. The molecule has 0 aliphatic heterocycles. The Morgan fingerprint density at radius 2 is 2.86 bits per heavy atom. The predicted octanol–water partition coefficient (Wildman–Crippen LogP) is 1.14. The summed E-state index contributed by atoms with van der Waals surface area (Å²) in [7, 11) is 0. The molecule has 1 N–H and O–H groups in total. The van der Waals surface area contributed by atoms with Crippen molar-refractivity contribution in [3.8, 4) is 0 Å². The van der Waals surface area contributed by atoms with E-state index in [4.69, 9.17) is 1.37 Å². The highest BCUT2D eigenvalue weighted by Gasteiger charge is 1.66. The number of hydrogen-bond donors (Lipinski definition) is 1. The van der Waals surface area contributed by atoms with E-state index in [0.29, 0.717) is 4.64 Å². The van der Waals surface area contributed by atoms with Crippen molar-refractivity contribution < 1.29 is 1.37 Å². The van der Waals surface area contributed by atoms with Crippen LogP contribution in [-0.2, 0) is 0 Å². The lowest BCUT2D eigenvalue weighted by atomic mass is 10.7. The number of nitrogens with one attached hydrogen (secondary N) is 1. The third-order valence-electron chi connectivity index (χ3n) is 0.540. The number of rotatable bonds is 0. The second kappa shape index (κ2) is 1.84. The molecule has 1 rings (SSSR count). The third-order valence-corrected chi connectivity index (χ3v) is 0.776. The highest BCUT2D eigenvalue weighted by molar-refractivity contribution is 7.71. The minimum Gasteiger partial charge on any atom is -0.337 e. The maximum absolute atomic E-state index is 7.02. The van der Waals surface area contributed by atoms with Crippen LogP contribution in [0, 0.1) is 4.64 Å². The SMILES string of the molecule is [2H]c1cnc[nH]c1=S. The van der Waals surface area contributed by atoms with Gasteiger partial charge >= 0.3 is 0 Å². The maximum Gasteiger partial charge on any atom is 0.105 e. The van der Waals surface area contributed by atoms with Crippen molar-refractivity contribution in [2.75, 3.05) is 0 Å². The third kappa shape index (κ3) is 1.08. The summed E-state index contributed by atoms with van der Waals surface area (Å²) < 4.78 is 7.45. The lowest BCUT2D eigenvalue weighted by molar-refractivity contribution is 1.15. The second-order valence-electron chi connectivity index (χ2n) is 1.03. The molecule has 0 bridgehead atoms. The van der Waals surface area contributed by atoms with Crippen molar-refractivity contribution in [1.29, 1.82) is 0 Å². The van der Waals surface area contributed by atoms with E-state index in [-0.39, 0.29) is 6.04 Å². The monoisotopic (exact) mass is 113 g/mol.